The van der Waals surface area contributed by atoms with Crippen LogP contribution in [0.25, 0.3) is 0 Å². The molecule has 0 aromatic rings. The third kappa shape index (κ3) is 0.907. The fourth-order valence-electron chi connectivity index (χ4n) is 0.618. The molecular weight excluding hydrogens is 92.1 g/mol. The maximum Gasteiger partial charge on any atom is 0.0754 e. The highest BCUT2D eigenvalue weighted by atomic mass is 16.3. The second kappa shape index (κ2) is 1.78. The van der Waals surface area contributed by atoms with Gasteiger partial charge in [-0.25, -0.2) is 0 Å². The van der Waals surface area contributed by atoms with Crippen molar-refractivity contribution < 1.29 is 5.11 Å². The molecule has 0 bridgehead atoms. The summed E-state index contributed by atoms with van der Waals surface area (Å²) in [5.74, 6) is 0. The Morgan fingerprint density at radius 2 is 2.57 bits per heavy atom. The van der Waals surface area contributed by atoms with Crippen LogP contribution in [0.3, 0.4) is 0 Å². The number of aliphatic hydroxyl groups excluding tert-OH is 1. The summed E-state index contributed by atoms with van der Waals surface area (Å²) in [7, 11) is 1.87. The van der Waals surface area contributed by atoms with E-state index < -0.39 is 0 Å². The van der Waals surface area contributed by atoms with Crippen molar-refractivity contribution in [2.75, 3.05) is 13.7 Å². The van der Waals surface area contributed by atoms with E-state index in [4.69, 9.17) is 5.11 Å². The first-order valence-corrected chi connectivity index (χ1v) is 2.42. The Hall–Kier alpha value is -0.120. The lowest BCUT2D eigenvalue weighted by molar-refractivity contribution is 0.293. The van der Waals surface area contributed by atoms with E-state index in [1.165, 1.54) is 0 Å². The van der Waals surface area contributed by atoms with E-state index in [1.807, 2.05) is 7.05 Å². The van der Waals surface area contributed by atoms with Crippen LogP contribution in [0, 0.1) is 0 Å². The van der Waals surface area contributed by atoms with E-state index in [2.05, 4.69) is 10.6 Å². The molecular formula is C4H10N2O. The SMILES string of the molecule is CNC1NC1CO. The summed E-state index contributed by atoms with van der Waals surface area (Å²) >= 11 is 0. The zero-order valence-corrected chi connectivity index (χ0v) is 4.31. The van der Waals surface area contributed by atoms with Crippen LogP contribution in [0.5, 0.6) is 0 Å². The van der Waals surface area contributed by atoms with Crippen molar-refractivity contribution >= 4 is 0 Å². The lowest BCUT2D eigenvalue weighted by atomic mass is 10.5. The molecule has 0 aliphatic carbocycles. The molecule has 2 unspecified atom stereocenters. The molecule has 0 saturated carbocycles. The predicted octanol–water partition coefficient (Wildman–Crippen LogP) is -1.50. The average molecular weight is 102 g/mol. The summed E-state index contributed by atoms with van der Waals surface area (Å²) in [5, 5.41) is 14.4. The van der Waals surface area contributed by atoms with Gasteiger partial charge in [0.05, 0.1) is 18.8 Å². The first kappa shape index (κ1) is 5.03. The van der Waals surface area contributed by atoms with Crippen LogP contribution in [0.1, 0.15) is 0 Å². The fraction of sp³-hybridized carbons (Fsp3) is 1.00. The Bertz CT molecular complexity index is 58.7. The first-order chi connectivity index (χ1) is 3.38. The largest absolute Gasteiger partial charge is 0.395 e. The van der Waals surface area contributed by atoms with Gasteiger partial charge in [0.15, 0.2) is 0 Å². The molecule has 1 heterocycles. The number of hydrogen-bond acceptors (Lipinski definition) is 3. The third-order valence-electron chi connectivity index (χ3n) is 1.19. The molecule has 0 aromatic heterocycles. The molecule has 1 rings (SSSR count). The van der Waals surface area contributed by atoms with Crippen LogP contribution >= 0.6 is 0 Å². The van der Waals surface area contributed by atoms with Gasteiger partial charge in [0.25, 0.3) is 0 Å². The van der Waals surface area contributed by atoms with Gasteiger partial charge in [0.2, 0.25) is 0 Å². The molecule has 42 valence electrons. The Labute approximate surface area is 42.7 Å². The molecule has 3 nitrogen and oxygen atoms in total. The van der Waals surface area contributed by atoms with Gasteiger partial charge in [0.1, 0.15) is 0 Å². The highest BCUT2D eigenvalue weighted by molar-refractivity contribution is 4.93. The van der Waals surface area contributed by atoms with Gasteiger partial charge < -0.3 is 10.4 Å². The zero-order valence-electron chi connectivity index (χ0n) is 4.31. The fourth-order valence-corrected chi connectivity index (χ4v) is 0.618. The summed E-state index contributed by atoms with van der Waals surface area (Å²) in [5.41, 5.74) is 0. The Balaban J connectivity index is 2.06. The minimum atomic E-state index is 0.242. The van der Waals surface area contributed by atoms with E-state index in [0.29, 0.717) is 12.2 Å². The lowest BCUT2D eigenvalue weighted by Gasteiger charge is -1.85. The minimum absolute atomic E-state index is 0.242. The van der Waals surface area contributed by atoms with Crippen LogP contribution in [0.4, 0.5) is 0 Å². The van der Waals surface area contributed by atoms with Crippen molar-refractivity contribution in [1.29, 1.82) is 0 Å². The molecule has 3 heteroatoms. The van der Waals surface area contributed by atoms with E-state index in [9.17, 15) is 0 Å². The zero-order chi connectivity index (χ0) is 5.28. The van der Waals surface area contributed by atoms with Crippen molar-refractivity contribution in [1.82, 2.24) is 10.6 Å². The standard InChI is InChI=1S/C4H10N2O/c1-5-4-3(2-7)6-4/h3-7H,2H2,1H3. The predicted molar refractivity (Wildman–Crippen MR) is 26.9 cm³/mol. The topological polar surface area (TPSA) is 54.2 Å². The van der Waals surface area contributed by atoms with Gasteiger partial charge in [-0.05, 0) is 7.05 Å². The second-order valence-electron chi connectivity index (χ2n) is 1.72. The number of rotatable bonds is 2. The molecule has 3 N–H and O–H groups in total. The van der Waals surface area contributed by atoms with Gasteiger partial charge in [0, 0.05) is 0 Å². The molecule has 1 aliphatic heterocycles. The average Bonchev–Trinajstić information content (AvgIpc) is 2.43. The highest BCUT2D eigenvalue weighted by Crippen LogP contribution is 2.03. The van der Waals surface area contributed by atoms with Gasteiger partial charge >= 0.3 is 0 Å². The van der Waals surface area contributed by atoms with E-state index >= 15 is 0 Å². The smallest absolute Gasteiger partial charge is 0.0754 e. The van der Waals surface area contributed by atoms with Crippen LogP contribution in [-0.2, 0) is 0 Å². The lowest BCUT2D eigenvalue weighted by Crippen LogP contribution is -2.15. The van der Waals surface area contributed by atoms with Gasteiger partial charge in [-0.15, -0.1) is 0 Å². The van der Waals surface area contributed by atoms with Crippen molar-refractivity contribution in [2.45, 2.75) is 12.2 Å². The van der Waals surface area contributed by atoms with Crippen molar-refractivity contribution in [2.24, 2.45) is 0 Å². The highest BCUT2D eigenvalue weighted by Gasteiger charge is 2.33. The summed E-state index contributed by atoms with van der Waals surface area (Å²) in [6, 6.07) is 0.310. The van der Waals surface area contributed by atoms with Gasteiger partial charge in [-0.2, -0.15) is 0 Å². The van der Waals surface area contributed by atoms with E-state index in [-0.39, 0.29) is 6.61 Å². The van der Waals surface area contributed by atoms with Crippen LogP contribution in [0.2, 0.25) is 0 Å². The first-order valence-electron chi connectivity index (χ1n) is 2.42. The summed E-state index contributed by atoms with van der Waals surface area (Å²) in [6.07, 6.45) is 0.366. The molecule has 0 aromatic carbocycles. The molecule has 0 radical (unpaired) electrons. The van der Waals surface area contributed by atoms with E-state index in [1.54, 1.807) is 0 Å². The Kier molecular flexibility index (Phi) is 1.27. The second-order valence-corrected chi connectivity index (χ2v) is 1.72. The molecule has 2 atom stereocenters. The molecule has 1 fully saturated rings. The van der Waals surface area contributed by atoms with Crippen LogP contribution in [-0.4, -0.2) is 31.0 Å². The molecule has 7 heavy (non-hydrogen) atoms. The molecule has 0 amide bonds. The summed E-state index contributed by atoms with van der Waals surface area (Å²) < 4.78 is 0. The van der Waals surface area contributed by atoms with Crippen molar-refractivity contribution in [3.05, 3.63) is 0 Å². The monoisotopic (exact) mass is 102 g/mol. The number of aliphatic hydroxyl groups is 1. The van der Waals surface area contributed by atoms with Crippen LogP contribution < -0.4 is 10.6 Å². The third-order valence-corrected chi connectivity index (χ3v) is 1.19. The summed E-state index contributed by atoms with van der Waals surface area (Å²) in [4.78, 5) is 0. The Morgan fingerprint density at radius 1 is 1.86 bits per heavy atom. The number of hydrogen-bond donors (Lipinski definition) is 3. The van der Waals surface area contributed by atoms with Crippen molar-refractivity contribution in [3.63, 3.8) is 0 Å². The van der Waals surface area contributed by atoms with E-state index in [0.717, 1.165) is 0 Å². The molecule has 1 saturated heterocycles. The van der Waals surface area contributed by atoms with Crippen molar-refractivity contribution in [3.8, 4) is 0 Å². The summed E-state index contributed by atoms with van der Waals surface area (Å²) in [6.45, 7) is 0.242. The quantitative estimate of drug-likeness (QED) is 0.372. The van der Waals surface area contributed by atoms with Crippen LogP contribution in [0.15, 0.2) is 0 Å². The minimum Gasteiger partial charge on any atom is -0.395 e. The maximum absolute atomic E-state index is 8.41. The molecule has 0 spiro atoms. The number of likely N-dealkylation sites (N-methyl/N-ethyl adjacent to an activating group) is 1. The maximum atomic E-state index is 8.41. The van der Waals surface area contributed by atoms with Gasteiger partial charge in [-0.1, -0.05) is 0 Å². The Morgan fingerprint density at radius 3 is 2.71 bits per heavy atom. The molecule has 1 aliphatic rings. The van der Waals surface area contributed by atoms with Gasteiger partial charge in [-0.3, -0.25) is 5.32 Å². The normalized spacial score (nSPS) is 38.6. The number of nitrogens with one attached hydrogen (secondary N) is 2.